The van der Waals surface area contributed by atoms with Crippen molar-refractivity contribution in [3.05, 3.63) is 69.6 Å². The van der Waals surface area contributed by atoms with Gasteiger partial charge in [0.05, 0.1) is 12.1 Å². The van der Waals surface area contributed by atoms with Crippen LogP contribution < -0.4 is 16.2 Å². The molecule has 0 bridgehead atoms. The van der Waals surface area contributed by atoms with Crippen LogP contribution in [0.1, 0.15) is 26.3 Å². The molecule has 0 spiro atoms. The lowest BCUT2D eigenvalue weighted by molar-refractivity contribution is 0.0961. The van der Waals surface area contributed by atoms with Crippen LogP contribution in [0.2, 0.25) is 0 Å². The zero-order valence-electron chi connectivity index (χ0n) is 12.4. The van der Waals surface area contributed by atoms with Crippen LogP contribution >= 0.6 is 0 Å². The molecular formula is C16H17N3O3. The normalized spacial score (nSPS) is 10.1. The van der Waals surface area contributed by atoms with E-state index in [1.54, 1.807) is 0 Å². The maximum absolute atomic E-state index is 12.4. The molecule has 0 saturated heterocycles. The lowest BCUT2D eigenvalue weighted by Crippen LogP contribution is -2.33. The van der Waals surface area contributed by atoms with E-state index in [-0.39, 0.29) is 23.6 Å². The van der Waals surface area contributed by atoms with Crippen LogP contribution in [0.4, 0.5) is 0 Å². The Bertz CT molecular complexity index is 751. The molecule has 0 fully saturated rings. The number of carbonyl (C=O) groups is 2. The van der Waals surface area contributed by atoms with Crippen molar-refractivity contribution in [2.24, 2.45) is 0 Å². The van der Waals surface area contributed by atoms with E-state index in [9.17, 15) is 14.4 Å². The average molecular weight is 299 g/mol. The SMILES string of the molecule is CNC(=O)c1cc(C(=O)NC)c(=O)n(Cc2ccccc2)c1. The minimum absolute atomic E-state index is 0.0560. The standard InChI is InChI=1S/C16H17N3O3/c1-17-14(20)12-8-13(15(21)18-2)16(22)19(10-12)9-11-6-4-3-5-7-11/h3-8,10H,9H2,1-2H3,(H,17,20)(H,18,21). The quantitative estimate of drug-likeness (QED) is 0.868. The minimum Gasteiger partial charge on any atom is -0.355 e. The van der Waals surface area contributed by atoms with Gasteiger partial charge in [0, 0.05) is 20.3 Å². The second-order valence-corrected chi connectivity index (χ2v) is 4.72. The molecule has 0 radical (unpaired) electrons. The first-order chi connectivity index (χ1) is 10.6. The van der Waals surface area contributed by atoms with Crippen molar-refractivity contribution in [3.63, 3.8) is 0 Å². The summed E-state index contributed by atoms with van der Waals surface area (Å²) in [5.74, 6) is -0.871. The Morgan fingerprint density at radius 2 is 1.68 bits per heavy atom. The fourth-order valence-corrected chi connectivity index (χ4v) is 2.10. The van der Waals surface area contributed by atoms with Crippen molar-refractivity contribution in [2.45, 2.75) is 6.54 Å². The third kappa shape index (κ3) is 3.22. The molecule has 0 atom stereocenters. The van der Waals surface area contributed by atoms with Gasteiger partial charge < -0.3 is 15.2 Å². The summed E-state index contributed by atoms with van der Waals surface area (Å²) >= 11 is 0. The maximum Gasteiger partial charge on any atom is 0.263 e. The van der Waals surface area contributed by atoms with Crippen LogP contribution in [0.25, 0.3) is 0 Å². The van der Waals surface area contributed by atoms with Gasteiger partial charge in [0.1, 0.15) is 5.56 Å². The predicted molar refractivity (Wildman–Crippen MR) is 83.0 cm³/mol. The first-order valence-corrected chi connectivity index (χ1v) is 6.79. The molecular weight excluding hydrogens is 282 g/mol. The molecule has 2 amide bonds. The molecule has 6 heteroatoms. The number of benzene rings is 1. The number of hydrogen-bond acceptors (Lipinski definition) is 3. The van der Waals surface area contributed by atoms with Crippen LogP contribution in [0.5, 0.6) is 0 Å². The first-order valence-electron chi connectivity index (χ1n) is 6.79. The molecule has 0 aliphatic carbocycles. The Hall–Kier alpha value is -2.89. The molecule has 0 aliphatic heterocycles. The highest BCUT2D eigenvalue weighted by molar-refractivity contribution is 5.99. The summed E-state index contributed by atoms with van der Waals surface area (Å²) in [7, 11) is 2.93. The van der Waals surface area contributed by atoms with Gasteiger partial charge in [0.15, 0.2) is 0 Å². The van der Waals surface area contributed by atoms with E-state index < -0.39 is 11.5 Å². The topological polar surface area (TPSA) is 80.2 Å². The molecule has 2 N–H and O–H groups in total. The Balaban J connectivity index is 2.54. The summed E-state index contributed by atoms with van der Waals surface area (Å²) < 4.78 is 1.37. The van der Waals surface area contributed by atoms with E-state index in [0.717, 1.165) is 5.56 Å². The highest BCUT2D eigenvalue weighted by Crippen LogP contribution is 2.05. The first kappa shape index (κ1) is 15.5. The van der Waals surface area contributed by atoms with Crippen molar-refractivity contribution in [3.8, 4) is 0 Å². The van der Waals surface area contributed by atoms with E-state index in [1.807, 2.05) is 30.3 Å². The molecule has 1 aromatic heterocycles. The Kier molecular flexibility index (Phi) is 4.73. The van der Waals surface area contributed by atoms with Gasteiger partial charge in [-0.1, -0.05) is 30.3 Å². The van der Waals surface area contributed by atoms with E-state index in [4.69, 9.17) is 0 Å². The van der Waals surface area contributed by atoms with Crippen molar-refractivity contribution in [1.29, 1.82) is 0 Å². The monoisotopic (exact) mass is 299 g/mol. The van der Waals surface area contributed by atoms with E-state index in [1.165, 1.54) is 30.9 Å². The summed E-state index contributed by atoms with van der Waals surface area (Å²) in [6.07, 6.45) is 1.46. The van der Waals surface area contributed by atoms with Crippen LogP contribution in [-0.4, -0.2) is 30.5 Å². The molecule has 2 rings (SSSR count). The number of carbonyl (C=O) groups excluding carboxylic acids is 2. The number of hydrogen-bond donors (Lipinski definition) is 2. The van der Waals surface area contributed by atoms with Crippen LogP contribution in [-0.2, 0) is 6.54 Å². The van der Waals surface area contributed by atoms with Crippen LogP contribution in [0.15, 0.2) is 47.4 Å². The zero-order chi connectivity index (χ0) is 16.1. The van der Waals surface area contributed by atoms with E-state index in [2.05, 4.69) is 10.6 Å². The summed E-state index contributed by atoms with van der Waals surface area (Å²) in [5, 5.41) is 4.90. The van der Waals surface area contributed by atoms with Gasteiger partial charge in [0.25, 0.3) is 17.4 Å². The number of rotatable bonds is 4. The molecule has 0 saturated carbocycles. The zero-order valence-corrected chi connectivity index (χ0v) is 12.4. The fraction of sp³-hybridized carbons (Fsp3) is 0.188. The van der Waals surface area contributed by atoms with Crippen molar-refractivity contribution in [2.75, 3.05) is 14.1 Å². The summed E-state index contributed by atoms with van der Waals surface area (Å²) in [4.78, 5) is 36.1. The van der Waals surface area contributed by atoms with Crippen molar-refractivity contribution in [1.82, 2.24) is 15.2 Å². The number of aromatic nitrogens is 1. The fourth-order valence-electron chi connectivity index (χ4n) is 2.10. The number of nitrogens with one attached hydrogen (secondary N) is 2. The van der Waals surface area contributed by atoms with E-state index >= 15 is 0 Å². The van der Waals surface area contributed by atoms with Gasteiger partial charge in [0.2, 0.25) is 0 Å². The smallest absolute Gasteiger partial charge is 0.263 e. The van der Waals surface area contributed by atoms with Gasteiger partial charge in [-0.05, 0) is 11.6 Å². The second-order valence-electron chi connectivity index (χ2n) is 4.72. The molecule has 114 valence electrons. The molecule has 1 heterocycles. The summed E-state index contributed by atoms with van der Waals surface area (Å²) in [5.41, 5.74) is 0.675. The minimum atomic E-state index is -0.516. The molecule has 0 unspecified atom stereocenters. The lowest BCUT2D eigenvalue weighted by atomic mass is 10.1. The molecule has 1 aromatic carbocycles. The second kappa shape index (κ2) is 6.71. The lowest BCUT2D eigenvalue weighted by Gasteiger charge is -2.11. The third-order valence-electron chi connectivity index (χ3n) is 3.24. The Morgan fingerprint density at radius 1 is 1.05 bits per heavy atom. The van der Waals surface area contributed by atoms with E-state index in [0.29, 0.717) is 0 Å². The highest BCUT2D eigenvalue weighted by Gasteiger charge is 2.16. The third-order valence-corrected chi connectivity index (χ3v) is 3.24. The van der Waals surface area contributed by atoms with Gasteiger partial charge >= 0.3 is 0 Å². The number of pyridine rings is 1. The van der Waals surface area contributed by atoms with Gasteiger partial charge in [-0.25, -0.2) is 0 Å². The van der Waals surface area contributed by atoms with Crippen molar-refractivity contribution >= 4 is 11.8 Å². The molecule has 6 nitrogen and oxygen atoms in total. The Morgan fingerprint density at radius 3 is 2.27 bits per heavy atom. The molecule has 0 aliphatic rings. The number of amides is 2. The largest absolute Gasteiger partial charge is 0.355 e. The molecule has 22 heavy (non-hydrogen) atoms. The predicted octanol–water partition coefficient (Wildman–Crippen LogP) is 0.616. The van der Waals surface area contributed by atoms with Crippen LogP contribution in [0, 0.1) is 0 Å². The van der Waals surface area contributed by atoms with Crippen molar-refractivity contribution < 1.29 is 9.59 Å². The Labute approximate surface area is 127 Å². The molecule has 2 aromatic rings. The summed E-state index contributed by atoms with van der Waals surface area (Å²) in [6, 6.07) is 10.7. The van der Waals surface area contributed by atoms with Gasteiger partial charge in [-0.2, -0.15) is 0 Å². The van der Waals surface area contributed by atoms with Gasteiger partial charge in [-0.3, -0.25) is 14.4 Å². The number of nitrogens with zero attached hydrogens (tertiary/aromatic N) is 1. The van der Waals surface area contributed by atoms with Crippen LogP contribution in [0.3, 0.4) is 0 Å². The summed E-state index contributed by atoms with van der Waals surface area (Å²) in [6.45, 7) is 0.286. The van der Waals surface area contributed by atoms with Gasteiger partial charge in [-0.15, -0.1) is 0 Å². The average Bonchev–Trinajstić information content (AvgIpc) is 2.56. The highest BCUT2D eigenvalue weighted by atomic mass is 16.2. The maximum atomic E-state index is 12.4.